The number of hydrogen-bond donors (Lipinski definition) is 2. The van der Waals surface area contributed by atoms with Crippen LogP contribution in [0.15, 0.2) is 24.3 Å². The minimum absolute atomic E-state index is 0.134. The second kappa shape index (κ2) is 5.72. The van der Waals surface area contributed by atoms with Crippen LogP contribution < -0.4 is 10.5 Å². The van der Waals surface area contributed by atoms with Crippen LogP contribution in [0.2, 0.25) is 0 Å². The molecule has 100 valence electrons. The predicted octanol–water partition coefficient (Wildman–Crippen LogP) is 2.64. The first kappa shape index (κ1) is 13.4. The van der Waals surface area contributed by atoms with E-state index in [2.05, 4.69) is 0 Å². The topological polar surface area (TPSA) is 55.5 Å². The Bertz CT molecular complexity index is 386. The van der Waals surface area contributed by atoms with E-state index in [0.717, 1.165) is 24.2 Å². The maximum atomic E-state index is 10.6. The summed E-state index contributed by atoms with van der Waals surface area (Å²) in [6.07, 6.45) is 3.89. The molecule has 3 nitrogen and oxygen atoms in total. The van der Waals surface area contributed by atoms with Crippen molar-refractivity contribution in [1.82, 2.24) is 0 Å². The van der Waals surface area contributed by atoms with Crippen molar-refractivity contribution < 1.29 is 9.84 Å². The van der Waals surface area contributed by atoms with Crippen molar-refractivity contribution in [3.63, 3.8) is 0 Å². The molecule has 0 radical (unpaired) electrons. The highest BCUT2D eigenvalue weighted by Gasteiger charge is 2.40. The van der Waals surface area contributed by atoms with Crippen molar-refractivity contribution in [2.75, 3.05) is 13.2 Å². The average molecular weight is 249 g/mol. The van der Waals surface area contributed by atoms with E-state index >= 15 is 0 Å². The lowest BCUT2D eigenvalue weighted by molar-refractivity contribution is 0.0331. The molecule has 1 saturated carbocycles. The molecule has 0 aromatic heterocycles. The first-order chi connectivity index (χ1) is 8.72. The normalized spacial score (nSPS) is 19.7. The summed E-state index contributed by atoms with van der Waals surface area (Å²) in [4.78, 5) is 0. The first-order valence-corrected chi connectivity index (χ1v) is 6.83. The van der Waals surface area contributed by atoms with Gasteiger partial charge in [-0.15, -0.1) is 0 Å². The SMILES string of the molecule is CCOc1cccc(C(O)C2(CN)CCCC2)c1. The Kier molecular flexibility index (Phi) is 4.25. The largest absolute Gasteiger partial charge is 0.494 e. The van der Waals surface area contributed by atoms with Crippen LogP contribution in [-0.4, -0.2) is 18.3 Å². The van der Waals surface area contributed by atoms with Gasteiger partial charge in [0.15, 0.2) is 0 Å². The number of aliphatic hydroxyl groups excluding tert-OH is 1. The Morgan fingerprint density at radius 1 is 1.39 bits per heavy atom. The van der Waals surface area contributed by atoms with Gasteiger partial charge in [-0.3, -0.25) is 0 Å². The molecule has 1 aliphatic carbocycles. The molecule has 1 atom stereocenters. The Balaban J connectivity index is 2.21. The van der Waals surface area contributed by atoms with E-state index < -0.39 is 6.10 Å². The number of aliphatic hydroxyl groups is 1. The third-order valence-corrected chi connectivity index (χ3v) is 4.07. The van der Waals surface area contributed by atoms with Gasteiger partial charge in [-0.05, 0) is 37.5 Å². The molecule has 0 heterocycles. The molecule has 1 aromatic rings. The monoisotopic (exact) mass is 249 g/mol. The van der Waals surface area contributed by atoms with E-state index in [0.29, 0.717) is 13.2 Å². The molecule has 0 bridgehead atoms. The van der Waals surface area contributed by atoms with Crippen molar-refractivity contribution in [3.8, 4) is 5.75 Å². The average Bonchev–Trinajstić information content (AvgIpc) is 2.88. The standard InChI is InChI=1S/C15H23NO2/c1-2-18-13-7-5-6-12(10-13)14(17)15(11-16)8-3-4-9-15/h5-7,10,14,17H,2-4,8-9,11,16H2,1H3. The number of hydrogen-bond acceptors (Lipinski definition) is 3. The van der Waals surface area contributed by atoms with Gasteiger partial charge in [-0.1, -0.05) is 25.0 Å². The molecule has 0 aliphatic heterocycles. The third kappa shape index (κ3) is 2.52. The summed E-state index contributed by atoms with van der Waals surface area (Å²) in [6, 6.07) is 7.75. The van der Waals surface area contributed by atoms with Gasteiger partial charge in [0.1, 0.15) is 5.75 Å². The highest BCUT2D eigenvalue weighted by Crippen LogP contribution is 2.47. The zero-order valence-corrected chi connectivity index (χ0v) is 11.1. The summed E-state index contributed by atoms with van der Waals surface area (Å²) < 4.78 is 5.48. The first-order valence-electron chi connectivity index (χ1n) is 6.83. The van der Waals surface area contributed by atoms with Gasteiger partial charge >= 0.3 is 0 Å². The second-order valence-electron chi connectivity index (χ2n) is 5.18. The number of ether oxygens (including phenoxy) is 1. The molecule has 0 saturated heterocycles. The minimum atomic E-state index is -0.481. The predicted molar refractivity (Wildman–Crippen MR) is 72.5 cm³/mol. The van der Waals surface area contributed by atoms with Crippen LogP contribution in [0.3, 0.4) is 0 Å². The molecule has 1 aromatic carbocycles. The van der Waals surface area contributed by atoms with Crippen molar-refractivity contribution in [3.05, 3.63) is 29.8 Å². The number of nitrogens with two attached hydrogens (primary N) is 1. The Morgan fingerprint density at radius 3 is 2.72 bits per heavy atom. The van der Waals surface area contributed by atoms with E-state index in [-0.39, 0.29) is 5.41 Å². The van der Waals surface area contributed by atoms with E-state index in [1.165, 1.54) is 12.8 Å². The molecular formula is C15H23NO2. The second-order valence-corrected chi connectivity index (χ2v) is 5.18. The van der Waals surface area contributed by atoms with E-state index in [9.17, 15) is 5.11 Å². The van der Waals surface area contributed by atoms with Crippen molar-refractivity contribution in [2.45, 2.75) is 38.7 Å². The number of rotatable bonds is 5. The molecular weight excluding hydrogens is 226 g/mol. The van der Waals surface area contributed by atoms with Crippen molar-refractivity contribution in [1.29, 1.82) is 0 Å². The van der Waals surface area contributed by atoms with Crippen LogP contribution in [0.25, 0.3) is 0 Å². The van der Waals surface area contributed by atoms with Crippen LogP contribution in [0, 0.1) is 5.41 Å². The summed E-state index contributed by atoms with van der Waals surface area (Å²) in [5.41, 5.74) is 6.70. The molecule has 0 spiro atoms. The molecule has 0 amide bonds. The van der Waals surface area contributed by atoms with Crippen LogP contribution in [0.1, 0.15) is 44.3 Å². The molecule has 3 heteroatoms. The number of benzene rings is 1. The summed E-state index contributed by atoms with van der Waals surface area (Å²) in [6.45, 7) is 3.15. The molecule has 3 N–H and O–H groups in total. The van der Waals surface area contributed by atoms with Gasteiger partial charge < -0.3 is 15.6 Å². The molecule has 1 aliphatic rings. The maximum absolute atomic E-state index is 10.6. The van der Waals surface area contributed by atoms with Crippen LogP contribution in [-0.2, 0) is 0 Å². The summed E-state index contributed by atoms with van der Waals surface area (Å²) in [5, 5.41) is 10.6. The molecule has 1 fully saturated rings. The summed E-state index contributed by atoms with van der Waals surface area (Å²) in [7, 11) is 0. The van der Waals surface area contributed by atoms with Gasteiger partial charge in [-0.2, -0.15) is 0 Å². The van der Waals surface area contributed by atoms with E-state index in [1.54, 1.807) is 0 Å². The Labute approximate surface area is 109 Å². The summed E-state index contributed by atoms with van der Waals surface area (Å²) in [5.74, 6) is 0.819. The molecule has 1 unspecified atom stereocenters. The highest BCUT2D eigenvalue weighted by atomic mass is 16.5. The highest BCUT2D eigenvalue weighted by molar-refractivity contribution is 5.31. The zero-order valence-electron chi connectivity index (χ0n) is 11.1. The van der Waals surface area contributed by atoms with Crippen LogP contribution >= 0.6 is 0 Å². The van der Waals surface area contributed by atoms with Crippen molar-refractivity contribution >= 4 is 0 Å². The summed E-state index contributed by atoms with van der Waals surface area (Å²) >= 11 is 0. The van der Waals surface area contributed by atoms with Crippen molar-refractivity contribution in [2.24, 2.45) is 11.1 Å². The Hall–Kier alpha value is -1.06. The van der Waals surface area contributed by atoms with Gasteiger partial charge in [-0.25, -0.2) is 0 Å². The van der Waals surface area contributed by atoms with Gasteiger partial charge in [0.2, 0.25) is 0 Å². The zero-order chi connectivity index (χ0) is 13.0. The third-order valence-electron chi connectivity index (χ3n) is 4.07. The van der Waals surface area contributed by atoms with Gasteiger partial charge in [0.25, 0.3) is 0 Å². The fourth-order valence-corrected chi connectivity index (χ4v) is 2.96. The van der Waals surface area contributed by atoms with Crippen LogP contribution in [0.4, 0.5) is 0 Å². The maximum Gasteiger partial charge on any atom is 0.119 e. The fraction of sp³-hybridized carbons (Fsp3) is 0.600. The minimum Gasteiger partial charge on any atom is -0.494 e. The molecule has 18 heavy (non-hydrogen) atoms. The van der Waals surface area contributed by atoms with Gasteiger partial charge in [0.05, 0.1) is 12.7 Å². The smallest absolute Gasteiger partial charge is 0.119 e. The lowest BCUT2D eigenvalue weighted by Crippen LogP contribution is -2.34. The quantitative estimate of drug-likeness (QED) is 0.843. The lowest BCUT2D eigenvalue weighted by Gasteiger charge is -2.33. The molecule has 2 rings (SSSR count). The van der Waals surface area contributed by atoms with Gasteiger partial charge in [0, 0.05) is 12.0 Å². The fourth-order valence-electron chi connectivity index (χ4n) is 2.96. The lowest BCUT2D eigenvalue weighted by atomic mass is 9.77. The Morgan fingerprint density at radius 2 is 2.11 bits per heavy atom. The van der Waals surface area contributed by atoms with E-state index in [4.69, 9.17) is 10.5 Å². The van der Waals surface area contributed by atoms with E-state index in [1.807, 2.05) is 31.2 Å². The van der Waals surface area contributed by atoms with Crippen LogP contribution in [0.5, 0.6) is 5.75 Å².